The van der Waals surface area contributed by atoms with Crippen LogP contribution >= 0.6 is 11.8 Å². The molecule has 0 spiro atoms. The zero-order valence-electron chi connectivity index (χ0n) is 31.2. The predicted molar refractivity (Wildman–Crippen MR) is 213 cm³/mol. The van der Waals surface area contributed by atoms with Gasteiger partial charge >= 0.3 is 5.97 Å². The number of rotatable bonds is 19. The third-order valence-corrected chi connectivity index (χ3v) is 13.1. The van der Waals surface area contributed by atoms with Crippen LogP contribution in [-0.4, -0.2) is 83.8 Å². The number of hydrogen-bond donors (Lipinski definition) is 4. The largest absolute Gasteiger partial charge is 0.508 e. The number of aromatic hydroxyl groups is 1. The molecule has 4 rings (SSSR count). The summed E-state index contributed by atoms with van der Waals surface area (Å²) < 4.78 is 46.5. The van der Waals surface area contributed by atoms with Gasteiger partial charge in [-0.05, 0) is 61.4 Å². The van der Waals surface area contributed by atoms with Gasteiger partial charge in [0.15, 0.2) is 16.4 Å². The fourth-order valence-electron chi connectivity index (χ4n) is 6.69. The molecule has 4 N–H and O–H groups in total. The molecule has 0 saturated heterocycles. The number of para-hydroxylation sites is 1. The summed E-state index contributed by atoms with van der Waals surface area (Å²) in [5, 5.41) is 24.5. The van der Waals surface area contributed by atoms with Crippen LogP contribution in [0.3, 0.4) is 0 Å². The molecule has 15 heteroatoms. The third kappa shape index (κ3) is 11.2. The Morgan fingerprint density at radius 3 is 2.22 bits per heavy atom. The number of phenols is 1. The molecule has 3 atom stereocenters. The minimum absolute atomic E-state index is 0.0240. The maximum atomic E-state index is 14.4. The average Bonchev–Trinajstić information content (AvgIpc) is 3.24. The van der Waals surface area contributed by atoms with Crippen LogP contribution in [0.1, 0.15) is 70.4 Å². The van der Waals surface area contributed by atoms with Crippen molar-refractivity contribution in [1.82, 2.24) is 10.6 Å². The number of hydrogen-bond acceptors (Lipinski definition) is 10. The van der Waals surface area contributed by atoms with E-state index in [4.69, 9.17) is 4.74 Å². The number of ether oxygens (including phenoxy) is 1. The van der Waals surface area contributed by atoms with Crippen LogP contribution in [0.25, 0.3) is 0 Å². The Balaban J connectivity index is 1.67. The second-order valence-electron chi connectivity index (χ2n) is 13.7. The van der Waals surface area contributed by atoms with E-state index in [1.165, 1.54) is 48.3 Å². The van der Waals surface area contributed by atoms with E-state index in [0.717, 1.165) is 44.2 Å². The molecule has 0 saturated carbocycles. The van der Waals surface area contributed by atoms with Gasteiger partial charge in [0.05, 0.1) is 21.2 Å². The first-order chi connectivity index (χ1) is 25.7. The topological polar surface area (TPSA) is 179 Å². The number of anilines is 2. The number of nitrogens with one attached hydrogen (secondary N) is 2. The van der Waals surface area contributed by atoms with Gasteiger partial charge in [-0.2, -0.15) is 0 Å². The summed E-state index contributed by atoms with van der Waals surface area (Å²) in [7, 11) is -5.14. The van der Waals surface area contributed by atoms with E-state index in [2.05, 4.69) is 29.4 Å². The van der Waals surface area contributed by atoms with E-state index in [0.29, 0.717) is 17.1 Å². The second-order valence-corrected chi connectivity index (χ2v) is 18.1. The van der Waals surface area contributed by atoms with E-state index < -0.39 is 62.5 Å². The summed E-state index contributed by atoms with van der Waals surface area (Å²) in [6.07, 6.45) is 8.38. The van der Waals surface area contributed by atoms with E-state index in [1.54, 1.807) is 6.07 Å². The number of carbonyl (C=O) groups is 3. The SMILES string of the molecule is CCCCC1(CCCC)CN(c2ccccc2)c2cc(SC)c(OCC(=O)NC(C(=O)N[C@H](CC[S@](C)=O)C(=O)O)c3ccc(O)cc3)cc2S(=O)(=O)C1. The Kier molecular flexibility index (Phi) is 15.4. The monoisotopic (exact) mass is 801 g/mol. The fraction of sp³-hybridized carbons (Fsp3) is 0.462. The minimum atomic E-state index is -3.84. The van der Waals surface area contributed by atoms with E-state index in [1.807, 2.05) is 36.6 Å². The van der Waals surface area contributed by atoms with E-state index in [9.17, 15) is 37.2 Å². The number of aliphatic carboxylic acids is 1. The first-order valence-electron chi connectivity index (χ1n) is 18.0. The van der Waals surface area contributed by atoms with Crippen molar-refractivity contribution in [3.05, 3.63) is 72.3 Å². The summed E-state index contributed by atoms with van der Waals surface area (Å²) in [6.45, 7) is 4.15. The fourth-order valence-corrected chi connectivity index (χ4v) is 9.92. The van der Waals surface area contributed by atoms with Crippen molar-refractivity contribution in [3.63, 3.8) is 0 Å². The van der Waals surface area contributed by atoms with Gasteiger partial charge in [0.1, 0.15) is 23.6 Å². The highest BCUT2D eigenvalue weighted by Gasteiger charge is 2.42. The molecule has 1 heterocycles. The molecule has 0 bridgehead atoms. The van der Waals surface area contributed by atoms with Crippen LogP contribution < -0.4 is 20.3 Å². The summed E-state index contributed by atoms with van der Waals surface area (Å²) in [6, 6.07) is 15.8. The first kappa shape index (κ1) is 42.7. The molecule has 2 amide bonds. The molecular formula is C39H51N3O9S3. The number of thioether (sulfide) groups is 1. The molecule has 1 aliphatic heterocycles. The number of sulfone groups is 1. The Bertz CT molecular complexity index is 1880. The predicted octanol–water partition coefficient (Wildman–Crippen LogP) is 5.98. The van der Waals surface area contributed by atoms with Crippen LogP contribution in [0.4, 0.5) is 11.4 Å². The van der Waals surface area contributed by atoms with Crippen molar-refractivity contribution in [2.24, 2.45) is 5.41 Å². The molecule has 0 aromatic heterocycles. The van der Waals surface area contributed by atoms with E-state index >= 15 is 0 Å². The molecule has 54 heavy (non-hydrogen) atoms. The molecule has 3 aromatic rings. The zero-order chi connectivity index (χ0) is 39.5. The van der Waals surface area contributed by atoms with Gasteiger partial charge in [-0.3, -0.25) is 13.8 Å². The first-order valence-corrected chi connectivity index (χ1v) is 22.6. The maximum absolute atomic E-state index is 14.4. The number of carboxylic acid groups (broad SMARTS) is 1. The van der Waals surface area contributed by atoms with E-state index in [-0.39, 0.29) is 39.9 Å². The minimum Gasteiger partial charge on any atom is -0.508 e. The van der Waals surface area contributed by atoms with Crippen LogP contribution in [0.2, 0.25) is 0 Å². The lowest BCUT2D eigenvalue weighted by molar-refractivity contribution is -0.142. The molecule has 3 aromatic carbocycles. The van der Waals surface area contributed by atoms with Crippen LogP contribution in [0.15, 0.2) is 76.5 Å². The van der Waals surface area contributed by atoms with Crippen LogP contribution in [0.5, 0.6) is 11.5 Å². The standard InChI is InChI=1S/C39H51N3O9S3/c1-5-7-19-39(20-8-6-2)25-42(28-12-10-9-11-13-28)31-22-33(52-3)32(23-34(31)54(49,50)26-39)51-24-35(44)41-36(27-14-16-29(43)17-15-27)37(45)40-30(38(46)47)18-21-53(4)48/h9-17,22-23,30,36,43H,5-8,18-21,24-26H2,1-4H3,(H,40,45)(H,41,44)(H,46,47)/t30-,36?,53+/m1/s1. The Hall–Kier alpha value is -4.08. The average molecular weight is 802 g/mol. The molecule has 1 aliphatic rings. The van der Waals surface area contributed by atoms with Gasteiger partial charge in [0, 0.05) is 46.5 Å². The number of amides is 2. The number of carboxylic acids is 1. The summed E-state index contributed by atoms with van der Waals surface area (Å²) >= 11 is 1.34. The van der Waals surface area contributed by atoms with Crippen LogP contribution in [-0.2, 0) is 35.0 Å². The van der Waals surface area contributed by atoms with Crippen molar-refractivity contribution in [2.75, 3.05) is 42.1 Å². The Morgan fingerprint density at radius 1 is 1.00 bits per heavy atom. The van der Waals surface area contributed by atoms with Gasteiger partial charge in [-0.1, -0.05) is 69.9 Å². The maximum Gasteiger partial charge on any atom is 0.326 e. The van der Waals surface area contributed by atoms with Crippen molar-refractivity contribution >= 4 is 61.6 Å². The molecule has 0 aliphatic carbocycles. The highest BCUT2D eigenvalue weighted by atomic mass is 32.2. The molecule has 12 nitrogen and oxygen atoms in total. The van der Waals surface area contributed by atoms with Gasteiger partial charge < -0.3 is 30.5 Å². The van der Waals surface area contributed by atoms with Crippen molar-refractivity contribution in [2.45, 2.75) is 80.7 Å². The number of phenolic OH excluding ortho intramolecular Hbond substituents is 1. The molecule has 0 fully saturated rings. The number of unbranched alkanes of at least 4 members (excludes halogenated alkanes) is 2. The highest BCUT2D eigenvalue weighted by molar-refractivity contribution is 7.98. The summed E-state index contributed by atoms with van der Waals surface area (Å²) in [4.78, 5) is 41.6. The smallest absolute Gasteiger partial charge is 0.326 e. The molecule has 294 valence electrons. The summed E-state index contributed by atoms with van der Waals surface area (Å²) in [5.41, 5.74) is 1.19. The molecule has 1 unspecified atom stereocenters. The number of benzene rings is 3. The Morgan fingerprint density at radius 2 is 1.65 bits per heavy atom. The highest BCUT2D eigenvalue weighted by Crippen LogP contribution is 2.47. The molecular weight excluding hydrogens is 751 g/mol. The van der Waals surface area contributed by atoms with Crippen molar-refractivity contribution in [3.8, 4) is 11.5 Å². The van der Waals surface area contributed by atoms with Crippen molar-refractivity contribution in [1.29, 1.82) is 0 Å². The number of nitrogens with zero attached hydrogens (tertiary/aromatic N) is 1. The third-order valence-electron chi connectivity index (χ3n) is 9.51. The van der Waals surface area contributed by atoms with Gasteiger partial charge in [0.2, 0.25) is 5.91 Å². The van der Waals surface area contributed by atoms with Gasteiger partial charge in [0.25, 0.3) is 5.91 Å². The van der Waals surface area contributed by atoms with Gasteiger partial charge in [-0.25, -0.2) is 13.2 Å². The zero-order valence-corrected chi connectivity index (χ0v) is 33.7. The second kappa shape index (κ2) is 19.5. The normalized spacial score (nSPS) is 16.3. The number of carbonyl (C=O) groups excluding carboxylic acids is 2. The molecule has 0 radical (unpaired) electrons. The number of fused-ring (bicyclic) bond motifs is 1. The Labute approximate surface area is 324 Å². The lowest BCUT2D eigenvalue weighted by atomic mass is 9.79. The summed E-state index contributed by atoms with van der Waals surface area (Å²) in [5.74, 6) is -2.77. The van der Waals surface area contributed by atoms with Gasteiger partial charge in [-0.15, -0.1) is 11.8 Å². The lowest BCUT2D eigenvalue weighted by Gasteiger charge is -2.37. The van der Waals surface area contributed by atoms with Crippen LogP contribution in [0, 0.1) is 5.41 Å². The van der Waals surface area contributed by atoms with Crippen molar-refractivity contribution < 1.29 is 42.0 Å². The quantitative estimate of drug-likeness (QED) is 0.105. The lowest BCUT2D eigenvalue weighted by Crippen LogP contribution is -2.48.